The maximum atomic E-state index is 5.82. The van der Waals surface area contributed by atoms with Gasteiger partial charge < -0.3 is 15.4 Å². The first-order valence-electron chi connectivity index (χ1n) is 5.50. The Balaban J connectivity index is 0.00000120. The van der Waals surface area contributed by atoms with Crippen LogP contribution in [0.1, 0.15) is 8.35 Å². The van der Waals surface area contributed by atoms with Gasteiger partial charge in [0.05, 0.1) is 11.9 Å². The highest BCUT2D eigenvalue weighted by atomic mass is 16.5. The normalized spacial score (nSPS) is 25.2. The van der Waals surface area contributed by atoms with Crippen molar-refractivity contribution in [3.8, 4) is 5.75 Å². The van der Waals surface area contributed by atoms with Gasteiger partial charge in [0.1, 0.15) is 5.75 Å². The van der Waals surface area contributed by atoms with Crippen molar-refractivity contribution in [3.05, 3.63) is 54.1 Å². The van der Waals surface area contributed by atoms with Crippen molar-refractivity contribution in [3.63, 3.8) is 0 Å². The van der Waals surface area contributed by atoms with Crippen LogP contribution in [0.3, 0.4) is 0 Å². The number of hydrogen-bond donors (Lipinski definition) is 2. The van der Waals surface area contributed by atoms with Crippen LogP contribution in [0.4, 0.5) is 0 Å². The highest BCUT2D eigenvalue weighted by molar-refractivity contribution is 5.63. The van der Waals surface area contributed by atoms with Gasteiger partial charge in [-0.3, -0.25) is 0 Å². The Bertz CT molecular complexity index is 524. The van der Waals surface area contributed by atoms with E-state index in [-0.39, 0.29) is 1.43 Å². The number of para-hydroxylation sites is 1. The second-order valence-electron chi connectivity index (χ2n) is 4.11. The molecule has 0 aliphatic carbocycles. The molecule has 0 radical (unpaired) electrons. The SMILES string of the molecule is CC12N=CNC(Oc3ccccc3)=C1C=CN2.[HH]. The standard InChI is InChI=1S/C13H13N3O.H2/c1-13-11(7-8-15-13)12(14-9-16-13)17-10-5-3-2-4-6-10;/h2-9,15H,1H3,(H,14,16);1H. The van der Waals surface area contributed by atoms with Crippen molar-refractivity contribution in [2.75, 3.05) is 0 Å². The third-order valence-corrected chi connectivity index (χ3v) is 2.86. The minimum Gasteiger partial charge on any atom is -0.441 e. The molecule has 0 amide bonds. The van der Waals surface area contributed by atoms with Gasteiger partial charge in [-0.25, -0.2) is 4.99 Å². The summed E-state index contributed by atoms with van der Waals surface area (Å²) in [4.78, 5) is 4.37. The van der Waals surface area contributed by atoms with Gasteiger partial charge in [0.2, 0.25) is 5.88 Å². The molecule has 1 atom stereocenters. The summed E-state index contributed by atoms with van der Waals surface area (Å²) in [7, 11) is 0. The maximum absolute atomic E-state index is 5.82. The van der Waals surface area contributed by atoms with Crippen molar-refractivity contribution in [1.29, 1.82) is 0 Å². The predicted octanol–water partition coefficient (Wildman–Crippen LogP) is 1.99. The lowest BCUT2D eigenvalue weighted by Crippen LogP contribution is -2.41. The molecule has 2 N–H and O–H groups in total. The number of fused-ring (bicyclic) bond motifs is 1. The molecule has 0 saturated carbocycles. The molecule has 4 nitrogen and oxygen atoms in total. The van der Waals surface area contributed by atoms with Crippen LogP contribution in [0.15, 0.2) is 59.1 Å². The Labute approximate surface area is 101 Å². The molecule has 0 aromatic heterocycles. The van der Waals surface area contributed by atoms with E-state index in [1.54, 1.807) is 6.34 Å². The summed E-state index contributed by atoms with van der Waals surface area (Å²) in [5, 5.41) is 6.23. The average molecular weight is 229 g/mol. The lowest BCUT2D eigenvalue weighted by Gasteiger charge is -2.27. The van der Waals surface area contributed by atoms with E-state index in [0.29, 0.717) is 0 Å². The van der Waals surface area contributed by atoms with Crippen molar-refractivity contribution < 1.29 is 6.16 Å². The first-order valence-corrected chi connectivity index (χ1v) is 5.50. The average Bonchev–Trinajstić information content (AvgIpc) is 2.73. The van der Waals surface area contributed by atoms with E-state index in [4.69, 9.17) is 4.74 Å². The molecule has 2 aliphatic rings. The van der Waals surface area contributed by atoms with E-state index in [1.807, 2.05) is 49.5 Å². The van der Waals surface area contributed by atoms with Gasteiger partial charge in [-0.2, -0.15) is 0 Å². The van der Waals surface area contributed by atoms with Crippen molar-refractivity contribution in [2.45, 2.75) is 12.6 Å². The van der Waals surface area contributed by atoms with Crippen molar-refractivity contribution in [1.82, 2.24) is 10.6 Å². The van der Waals surface area contributed by atoms with Crippen LogP contribution in [0.5, 0.6) is 5.75 Å². The number of nitrogens with zero attached hydrogens (tertiary/aromatic N) is 1. The quantitative estimate of drug-likeness (QED) is 0.815. The highest BCUT2D eigenvalue weighted by Crippen LogP contribution is 2.29. The topological polar surface area (TPSA) is 45.7 Å². The van der Waals surface area contributed by atoms with Crippen LogP contribution >= 0.6 is 0 Å². The summed E-state index contributed by atoms with van der Waals surface area (Å²) in [6, 6.07) is 9.69. The van der Waals surface area contributed by atoms with Gasteiger partial charge in [0.15, 0.2) is 5.66 Å². The summed E-state index contributed by atoms with van der Waals surface area (Å²) in [6.45, 7) is 2.01. The third-order valence-electron chi connectivity index (χ3n) is 2.86. The van der Waals surface area contributed by atoms with E-state index >= 15 is 0 Å². The Morgan fingerprint density at radius 1 is 1.29 bits per heavy atom. The molecule has 4 heteroatoms. The molecule has 88 valence electrons. The second-order valence-corrected chi connectivity index (χ2v) is 4.11. The molecular formula is C13H15N3O. The molecule has 3 rings (SSSR count). The first kappa shape index (κ1) is 9.96. The Morgan fingerprint density at radius 2 is 2.12 bits per heavy atom. The number of ether oxygens (including phenoxy) is 1. The van der Waals surface area contributed by atoms with Crippen LogP contribution in [0.2, 0.25) is 0 Å². The molecule has 2 aliphatic heterocycles. The van der Waals surface area contributed by atoms with Gasteiger partial charge in [0, 0.05) is 1.43 Å². The molecule has 0 saturated heterocycles. The zero-order valence-electron chi connectivity index (χ0n) is 9.47. The fraction of sp³-hybridized carbons (Fsp3) is 0.154. The van der Waals surface area contributed by atoms with Gasteiger partial charge in [-0.05, 0) is 31.3 Å². The zero-order valence-corrected chi connectivity index (χ0v) is 9.47. The van der Waals surface area contributed by atoms with Gasteiger partial charge in [-0.15, -0.1) is 0 Å². The first-order chi connectivity index (χ1) is 8.28. The van der Waals surface area contributed by atoms with Crippen LogP contribution < -0.4 is 15.4 Å². The summed E-state index contributed by atoms with van der Waals surface area (Å²) in [6.07, 6.45) is 5.51. The van der Waals surface area contributed by atoms with Crippen LogP contribution in [0, 0.1) is 0 Å². The summed E-state index contributed by atoms with van der Waals surface area (Å²) < 4.78 is 5.82. The number of rotatable bonds is 2. The minimum atomic E-state index is -0.407. The maximum Gasteiger partial charge on any atom is 0.206 e. The Kier molecular flexibility index (Phi) is 2.14. The predicted molar refractivity (Wildman–Crippen MR) is 68.5 cm³/mol. The van der Waals surface area contributed by atoms with E-state index < -0.39 is 5.66 Å². The Hall–Kier alpha value is -2.23. The molecular weight excluding hydrogens is 214 g/mol. The summed E-state index contributed by atoms with van der Waals surface area (Å²) in [5.41, 5.74) is 0.596. The van der Waals surface area contributed by atoms with Crippen molar-refractivity contribution >= 4 is 6.34 Å². The highest BCUT2D eigenvalue weighted by Gasteiger charge is 2.34. The summed E-state index contributed by atoms with van der Waals surface area (Å²) in [5.74, 6) is 1.52. The monoisotopic (exact) mass is 229 g/mol. The number of nitrogens with one attached hydrogen (secondary N) is 2. The lowest BCUT2D eigenvalue weighted by atomic mass is 10.0. The second kappa shape index (κ2) is 3.66. The fourth-order valence-corrected chi connectivity index (χ4v) is 1.92. The molecule has 17 heavy (non-hydrogen) atoms. The molecule has 1 aromatic rings. The van der Waals surface area contributed by atoms with Crippen LogP contribution in [0.25, 0.3) is 0 Å². The largest absolute Gasteiger partial charge is 0.441 e. The van der Waals surface area contributed by atoms with E-state index in [1.165, 1.54) is 0 Å². The molecule has 1 aromatic carbocycles. The fourth-order valence-electron chi connectivity index (χ4n) is 1.92. The number of aliphatic imine (C=N–C) groups is 1. The zero-order chi connectivity index (χ0) is 11.7. The van der Waals surface area contributed by atoms with E-state index in [2.05, 4.69) is 15.6 Å². The molecule has 0 bridgehead atoms. The third kappa shape index (κ3) is 1.67. The molecule has 2 heterocycles. The summed E-state index contributed by atoms with van der Waals surface area (Å²) >= 11 is 0. The minimum absolute atomic E-state index is 0. The van der Waals surface area contributed by atoms with Gasteiger partial charge in [-0.1, -0.05) is 18.2 Å². The lowest BCUT2D eigenvalue weighted by molar-refractivity contribution is 0.373. The molecule has 1 unspecified atom stereocenters. The van der Waals surface area contributed by atoms with Crippen molar-refractivity contribution in [2.24, 2.45) is 4.99 Å². The van der Waals surface area contributed by atoms with Crippen LogP contribution in [-0.2, 0) is 0 Å². The Morgan fingerprint density at radius 3 is 2.94 bits per heavy atom. The number of hydrogen-bond acceptors (Lipinski definition) is 4. The molecule has 0 spiro atoms. The van der Waals surface area contributed by atoms with Gasteiger partial charge in [0.25, 0.3) is 0 Å². The van der Waals surface area contributed by atoms with E-state index in [0.717, 1.165) is 17.2 Å². The molecule has 0 fully saturated rings. The van der Waals surface area contributed by atoms with E-state index in [9.17, 15) is 0 Å². The number of benzene rings is 1. The van der Waals surface area contributed by atoms with Crippen LogP contribution in [-0.4, -0.2) is 12.0 Å². The van der Waals surface area contributed by atoms with Gasteiger partial charge >= 0.3 is 0 Å². The smallest absolute Gasteiger partial charge is 0.206 e.